The summed E-state index contributed by atoms with van der Waals surface area (Å²) in [7, 11) is -1.47. The Morgan fingerprint density at radius 3 is 2.62 bits per heavy atom. The lowest BCUT2D eigenvalue weighted by atomic mass is 9.91. The minimum atomic E-state index is -3.20. The van der Waals surface area contributed by atoms with Crippen LogP contribution in [0.4, 0.5) is 0 Å². The zero-order chi connectivity index (χ0) is 11.6. The first-order valence-electron chi connectivity index (χ1n) is 5.80. The van der Waals surface area contributed by atoms with E-state index in [1.54, 1.807) is 17.8 Å². The largest absolute Gasteiger partial charge is 0.325 e. The first-order valence-corrected chi connectivity index (χ1v) is 7.45. The van der Waals surface area contributed by atoms with Crippen molar-refractivity contribution in [1.82, 2.24) is 9.55 Å². The number of nitrogens with zero attached hydrogens (tertiary/aromatic N) is 2. The van der Waals surface area contributed by atoms with Crippen LogP contribution in [0.5, 0.6) is 0 Å². The number of sulfone groups is 1. The summed E-state index contributed by atoms with van der Waals surface area (Å²) in [6, 6.07) is 0. The van der Waals surface area contributed by atoms with Crippen LogP contribution in [0.3, 0.4) is 0 Å². The molecule has 0 amide bonds. The van der Waals surface area contributed by atoms with E-state index in [2.05, 4.69) is 4.98 Å². The van der Waals surface area contributed by atoms with Crippen LogP contribution < -0.4 is 0 Å². The summed E-state index contributed by atoms with van der Waals surface area (Å²) < 4.78 is 25.8. The van der Waals surface area contributed by atoms with Crippen molar-refractivity contribution in [1.29, 1.82) is 0 Å². The number of aromatic nitrogens is 2. The second-order valence-corrected chi connectivity index (χ2v) is 6.53. The van der Waals surface area contributed by atoms with Gasteiger partial charge in [-0.2, -0.15) is 0 Å². The van der Waals surface area contributed by atoms with Crippen LogP contribution in [0.2, 0.25) is 0 Å². The van der Waals surface area contributed by atoms with Gasteiger partial charge in [0.1, 0.15) is 0 Å². The minimum Gasteiger partial charge on any atom is -0.325 e. The Morgan fingerprint density at radius 1 is 1.38 bits per heavy atom. The predicted octanol–water partition coefficient (Wildman–Crippen LogP) is 1.77. The maximum absolute atomic E-state index is 12.1. The lowest BCUT2D eigenvalue weighted by Crippen LogP contribution is -2.21. The molecule has 0 radical (unpaired) electrons. The summed E-state index contributed by atoms with van der Waals surface area (Å²) in [6.07, 6.45) is 8.88. The van der Waals surface area contributed by atoms with E-state index >= 15 is 0 Å². The molecule has 2 rings (SSSR count). The van der Waals surface area contributed by atoms with E-state index < -0.39 is 9.84 Å². The fraction of sp³-hybridized carbons (Fsp3) is 0.727. The lowest BCUT2D eigenvalue weighted by Gasteiger charge is -2.20. The topological polar surface area (TPSA) is 52.0 Å². The molecule has 1 aliphatic rings. The molecule has 1 heterocycles. The van der Waals surface area contributed by atoms with Gasteiger partial charge < -0.3 is 4.57 Å². The Morgan fingerprint density at radius 2 is 2.06 bits per heavy atom. The zero-order valence-corrected chi connectivity index (χ0v) is 10.4. The highest BCUT2D eigenvalue weighted by atomic mass is 32.2. The predicted molar refractivity (Wildman–Crippen MR) is 61.8 cm³/mol. The van der Waals surface area contributed by atoms with E-state index in [4.69, 9.17) is 0 Å². The van der Waals surface area contributed by atoms with Crippen LogP contribution in [0.25, 0.3) is 0 Å². The van der Waals surface area contributed by atoms with E-state index in [1.807, 2.05) is 0 Å². The molecule has 0 aromatic carbocycles. The molecule has 0 atom stereocenters. The van der Waals surface area contributed by atoms with Crippen molar-refractivity contribution in [3.8, 4) is 0 Å². The van der Waals surface area contributed by atoms with Crippen LogP contribution in [0.15, 0.2) is 17.6 Å². The number of aryl methyl sites for hydroxylation is 1. The quantitative estimate of drug-likeness (QED) is 0.811. The first kappa shape index (κ1) is 11.6. The van der Waals surface area contributed by atoms with Crippen LogP contribution in [-0.4, -0.2) is 23.7 Å². The molecule has 0 unspecified atom stereocenters. The third-order valence-electron chi connectivity index (χ3n) is 3.24. The SMILES string of the molecule is Cn1ccnc1S(=O)(=O)CC1CCCCC1. The number of hydrogen-bond acceptors (Lipinski definition) is 3. The highest BCUT2D eigenvalue weighted by Gasteiger charge is 2.25. The van der Waals surface area contributed by atoms with Gasteiger partial charge in [-0.1, -0.05) is 19.3 Å². The summed E-state index contributed by atoms with van der Waals surface area (Å²) >= 11 is 0. The average molecular weight is 242 g/mol. The molecular formula is C11H18N2O2S. The summed E-state index contributed by atoms with van der Waals surface area (Å²) in [5, 5.41) is 0.207. The number of hydrogen-bond donors (Lipinski definition) is 0. The average Bonchev–Trinajstić information content (AvgIpc) is 2.66. The maximum Gasteiger partial charge on any atom is 0.227 e. The van der Waals surface area contributed by atoms with Crippen molar-refractivity contribution < 1.29 is 8.42 Å². The third-order valence-corrected chi connectivity index (χ3v) is 5.09. The molecule has 4 nitrogen and oxygen atoms in total. The van der Waals surface area contributed by atoms with Crippen LogP contribution >= 0.6 is 0 Å². The summed E-state index contributed by atoms with van der Waals surface area (Å²) in [4.78, 5) is 3.93. The van der Waals surface area contributed by atoms with Gasteiger partial charge in [0.2, 0.25) is 15.0 Å². The van der Waals surface area contributed by atoms with Crippen molar-refractivity contribution >= 4 is 9.84 Å². The molecule has 90 valence electrons. The Balaban J connectivity index is 2.11. The Bertz CT molecular complexity index is 444. The van der Waals surface area contributed by atoms with Crippen LogP contribution in [0.1, 0.15) is 32.1 Å². The lowest BCUT2D eigenvalue weighted by molar-refractivity contribution is 0.384. The smallest absolute Gasteiger partial charge is 0.227 e. The highest BCUT2D eigenvalue weighted by molar-refractivity contribution is 7.91. The van der Waals surface area contributed by atoms with Crippen molar-refractivity contribution in [2.75, 3.05) is 5.75 Å². The molecule has 1 saturated carbocycles. The van der Waals surface area contributed by atoms with Crippen molar-refractivity contribution in [2.45, 2.75) is 37.3 Å². The molecule has 0 saturated heterocycles. The molecule has 5 heteroatoms. The van der Waals surface area contributed by atoms with Crippen molar-refractivity contribution in [3.05, 3.63) is 12.4 Å². The molecule has 0 spiro atoms. The molecule has 1 aliphatic carbocycles. The Labute approximate surface area is 96.6 Å². The van der Waals surface area contributed by atoms with Crippen molar-refractivity contribution in [3.63, 3.8) is 0 Å². The highest BCUT2D eigenvalue weighted by Crippen LogP contribution is 2.26. The van der Waals surface area contributed by atoms with E-state index in [0.717, 1.165) is 12.8 Å². The molecule has 1 aromatic heterocycles. The van der Waals surface area contributed by atoms with E-state index in [-0.39, 0.29) is 10.9 Å². The minimum absolute atomic E-state index is 0.207. The summed E-state index contributed by atoms with van der Waals surface area (Å²) in [5.74, 6) is 0.591. The van der Waals surface area contributed by atoms with Gasteiger partial charge in [0, 0.05) is 19.4 Å². The zero-order valence-electron chi connectivity index (χ0n) is 9.59. The van der Waals surface area contributed by atoms with Crippen LogP contribution in [0, 0.1) is 5.92 Å². The van der Waals surface area contributed by atoms with E-state index in [9.17, 15) is 8.42 Å². The maximum atomic E-state index is 12.1. The van der Waals surface area contributed by atoms with Gasteiger partial charge in [0.05, 0.1) is 5.75 Å². The normalized spacial score (nSPS) is 18.8. The molecule has 16 heavy (non-hydrogen) atoms. The van der Waals surface area contributed by atoms with Gasteiger partial charge >= 0.3 is 0 Å². The molecule has 1 aromatic rings. The van der Waals surface area contributed by atoms with E-state index in [1.165, 1.54) is 25.5 Å². The fourth-order valence-electron chi connectivity index (χ4n) is 2.39. The first-order chi connectivity index (χ1) is 7.59. The second-order valence-electron chi connectivity index (χ2n) is 4.61. The van der Waals surface area contributed by atoms with Gasteiger partial charge in [-0.05, 0) is 18.8 Å². The number of imidazole rings is 1. The van der Waals surface area contributed by atoms with Crippen LogP contribution in [-0.2, 0) is 16.9 Å². The third kappa shape index (κ3) is 2.45. The van der Waals surface area contributed by atoms with Crippen molar-refractivity contribution in [2.24, 2.45) is 13.0 Å². The molecule has 1 fully saturated rings. The van der Waals surface area contributed by atoms with Gasteiger partial charge in [0.25, 0.3) is 0 Å². The molecule has 0 aliphatic heterocycles. The molecular weight excluding hydrogens is 224 g/mol. The monoisotopic (exact) mass is 242 g/mol. The Hall–Kier alpha value is -0.840. The van der Waals surface area contributed by atoms with Gasteiger partial charge in [-0.3, -0.25) is 0 Å². The second kappa shape index (κ2) is 4.57. The van der Waals surface area contributed by atoms with Gasteiger partial charge in [0.15, 0.2) is 0 Å². The molecule has 0 bridgehead atoms. The van der Waals surface area contributed by atoms with E-state index in [0.29, 0.717) is 5.92 Å². The number of rotatable bonds is 3. The van der Waals surface area contributed by atoms with Gasteiger partial charge in [-0.15, -0.1) is 0 Å². The summed E-state index contributed by atoms with van der Waals surface area (Å²) in [6.45, 7) is 0. The Kier molecular flexibility index (Phi) is 3.33. The molecule has 0 N–H and O–H groups in total. The summed E-state index contributed by atoms with van der Waals surface area (Å²) in [5.41, 5.74) is 0. The fourth-order valence-corrected chi connectivity index (χ4v) is 4.21. The van der Waals surface area contributed by atoms with Gasteiger partial charge in [-0.25, -0.2) is 13.4 Å². The standard InChI is InChI=1S/C11H18N2O2S/c1-13-8-7-12-11(13)16(14,15)9-10-5-3-2-4-6-10/h7-8,10H,2-6,9H2,1H3.